The molecule has 2 rings (SSSR count). The van der Waals surface area contributed by atoms with E-state index in [-0.39, 0.29) is 25.4 Å². The SMILES string of the molecule is O=C(CN1CC(O)CC1C(=O)O)Nc1cccc(Br)c1. The first kappa shape index (κ1) is 15.0. The van der Waals surface area contributed by atoms with Gasteiger partial charge in [0, 0.05) is 23.1 Å². The van der Waals surface area contributed by atoms with Crippen LogP contribution in [-0.4, -0.2) is 52.2 Å². The predicted molar refractivity (Wildman–Crippen MR) is 76.4 cm³/mol. The first-order chi connectivity index (χ1) is 9.45. The van der Waals surface area contributed by atoms with Gasteiger partial charge in [0.2, 0.25) is 5.91 Å². The van der Waals surface area contributed by atoms with E-state index in [9.17, 15) is 14.7 Å². The highest BCUT2D eigenvalue weighted by Crippen LogP contribution is 2.19. The number of hydrogen-bond donors (Lipinski definition) is 3. The zero-order valence-corrected chi connectivity index (χ0v) is 12.2. The van der Waals surface area contributed by atoms with Crippen molar-refractivity contribution < 1.29 is 19.8 Å². The molecule has 1 amide bonds. The van der Waals surface area contributed by atoms with Gasteiger partial charge in [-0.2, -0.15) is 0 Å². The molecule has 0 radical (unpaired) electrons. The Morgan fingerprint density at radius 1 is 1.45 bits per heavy atom. The number of likely N-dealkylation sites (tertiary alicyclic amines) is 1. The van der Waals surface area contributed by atoms with Crippen LogP contribution in [0.15, 0.2) is 28.7 Å². The van der Waals surface area contributed by atoms with Gasteiger partial charge in [0.05, 0.1) is 12.6 Å². The number of nitrogens with zero attached hydrogens (tertiary/aromatic N) is 1. The number of carboxylic acids is 1. The van der Waals surface area contributed by atoms with Crippen LogP contribution in [0.25, 0.3) is 0 Å². The number of nitrogens with one attached hydrogen (secondary N) is 1. The summed E-state index contributed by atoms with van der Waals surface area (Å²) < 4.78 is 0.843. The molecule has 6 nitrogen and oxygen atoms in total. The van der Waals surface area contributed by atoms with Crippen LogP contribution in [0, 0.1) is 0 Å². The van der Waals surface area contributed by atoms with E-state index in [2.05, 4.69) is 21.2 Å². The molecule has 1 saturated heterocycles. The van der Waals surface area contributed by atoms with Crippen LogP contribution in [0.3, 0.4) is 0 Å². The predicted octanol–water partition coefficient (Wildman–Crippen LogP) is 0.907. The Labute approximate surface area is 124 Å². The zero-order valence-electron chi connectivity index (χ0n) is 10.6. The van der Waals surface area contributed by atoms with Gasteiger partial charge in [0.1, 0.15) is 6.04 Å². The maximum absolute atomic E-state index is 11.9. The Morgan fingerprint density at radius 3 is 2.85 bits per heavy atom. The number of halogens is 1. The molecular formula is C13H15BrN2O4. The zero-order chi connectivity index (χ0) is 14.7. The molecule has 1 aromatic carbocycles. The lowest BCUT2D eigenvalue weighted by molar-refractivity contribution is -0.142. The quantitative estimate of drug-likeness (QED) is 0.756. The van der Waals surface area contributed by atoms with Crippen LogP contribution in [0.5, 0.6) is 0 Å². The number of aliphatic hydroxyl groups excluding tert-OH is 1. The molecule has 7 heteroatoms. The second-order valence-electron chi connectivity index (χ2n) is 4.73. The Bertz CT molecular complexity index is 523. The minimum absolute atomic E-state index is 0.0550. The molecule has 3 N–H and O–H groups in total. The van der Waals surface area contributed by atoms with Gasteiger partial charge < -0.3 is 15.5 Å². The number of hydrogen-bond acceptors (Lipinski definition) is 4. The van der Waals surface area contributed by atoms with Crippen molar-refractivity contribution in [3.8, 4) is 0 Å². The molecule has 0 spiro atoms. The molecule has 0 bridgehead atoms. The van der Waals surface area contributed by atoms with Crippen LogP contribution < -0.4 is 5.32 Å². The monoisotopic (exact) mass is 342 g/mol. The lowest BCUT2D eigenvalue weighted by atomic mass is 10.2. The second-order valence-corrected chi connectivity index (χ2v) is 5.65. The van der Waals surface area contributed by atoms with Crippen molar-refractivity contribution in [2.24, 2.45) is 0 Å². The highest BCUT2D eigenvalue weighted by Gasteiger charge is 2.36. The van der Waals surface area contributed by atoms with Crippen molar-refractivity contribution in [3.05, 3.63) is 28.7 Å². The average Bonchev–Trinajstić information content (AvgIpc) is 2.70. The van der Waals surface area contributed by atoms with Crippen molar-refractivity contribution in [3.63, 3.8) is 0 Å². The van der Waals surface area contributed by atoms with Gasteiger partial charge in [-0.1, -0.05) is 22.0 Å². The minimum Gasteiger partial charge on any atom is -0.480 e. The fraction of sp³-hybridized carbons (Fsp3) is 0.385. The van der Waals surface area contributed by atoms with E-state index < -0.39 is 18.1 Å². The van der Waals surface area contributed by atoms with Gasteiger partial charge in [0.25, 0.3) is 0 Å². The number of rotatable bonds is 4. The number of β-amino-alcohol motifs (C(OH)–C–C–N with tert-alkyl or cyclic N) is 1. The van der Waals surface area contributed by atoms with Crippen molar-refractivity contribution in [1.82, 2.24) is 4.90 Å². The van der Waals surface area contributed by atoms with Crippen LogP contribution in [0.4, 0.5) is 5.69 Å². The molecule has 0 aromatic heterocycles. The van der Waals surface area contributed by atoms with Crippen molar-refractivity contribution >= 4 is 33.5 Å². The normalized spacial score (nSPS) is 22.7. The van der Waals surface area contributed by atoms with E-state index in [0.717, 1.165) is 4.47 Å². The largest absolute Gasteiger partial charge is 0.480 e. The average molecular weight is 343 g/mol. The van der Waals surface area contributed by atoms with E-state index in [1.807, 2.05) is 6.07 Å². The molecular weight excluding hydrogens is 328 g/mol. The van der Waals surface area contributed by atoms with Crippen LogP contribution in [0.1, 0.15) is 6.42 Å². The van der Waals surface area contributed by atoms with E-state index in [1.165, 1.54) is 4.90 Å². The fourth-order valence-electron chi connectivity index (χ4n) is 2.26. The summed E-state index contributed by atoms with van der Waals surface area (Å²) in [6, 6.07) is 6.33. The Hall–Kier alpha value is -1.44. The molecule has 2 unspecified atom stereocenters. The molecule has 0 aliphatic carbocycles. The summed E-state index contributed by atoms with van der Waals surface area (Å²) in [4.78, 5) is 24.4. The maximum Gasteiger partial charge on any atom is 0.321 e. The molecule has 20 heavy (non-hydrogen) atoms. The summed E-state index contributed by atoms with van der Waals surface area (Å²) in [5.41, 5.74) is 0.635. The lowest BCUT2D eigenvalue weighted by Gasteiger charge is -2.19. The number of benzene rings is 1. The topological polar surface area (TPSA) is 89.9 Å². The van der Waals surface area contributed by atoms with E-state index in [1.54, 1.807) is 18.2 Å². The van der Waals surface area contributed by atoms with Crippen LogP contribution in [-0.2, 0) is 9.59 Å². The van der Waals surface area contributed by atoms with Gasteiger partial charge in [-0.15, -0.1) is 0 Å². The molecule has 108 valence electrons. The third kappa shape index (κ3) is 3.78. The van der Waals surface area contributed by atoms with Crippen molar-refractivity contribution in [1.29, 1.82) is 0 Å². The van der Waals surface area contributed by atoms with Crippen LogP contribution >= 0.6 is 15.9 Å². The molecule has 0 saturated carbocycles. The number of anilines is 1. The lowest BCUT2D eigenvalue weighted by Crippen LogP contribution is -2.41. The van der Waals surface area contributed by atoms with Crippen molar-refractivity contribution in [2.45, 2.75) is 18.6 Å². The number of aliphatic carboxylic acids is 1. The number of carboxylic acid groups (broad SMARTS) is 1. The van der Waals surface area contributed by atoms with E-state index in [4.69, 9.17) is 5.11 Å². The van der Waals surface area contributed by atoms with Crippen LogP contribution in [0.2, 0.25) is 0 Å². The Kier molecular flexibility index (Phi) is 4.74. The highest BCUT2D eigenvalue weighted by atomic mass is 79.9. The number of amides is 1. The summed E-state index contributed by atoms with van der Waals surface area (Å²) in [7, 11) is 0. The molecule has 1 aliphatic heterocycles. The maximum atomic E-state index is 11.9. The number of aliphatic hydroxyl groups is 1. The summed E-state index contributed by atoms with van der Waals surface area (Å²) in [5.74, 6) is -1.32. The van der Waals surface area contributed by atoms with Gasteiger partial charge in [-0.3, -0.25) is 14.5 Å². The molecule has 1 heterocycles. The van der Waals surface area contributed by atoms with Gasteiger partial charge in [-0.25, -0.2) is 0 Å². The smallest absolute Gasteiger partial charge is 0.321 e. The fourth-order valence-corrected chi connectivity index (χ4v) is 2.66. The Balaban J connectivity index is 1.95. The van der Waals surface area contributed by atoms with Gasteiger partial charge in [-0.05, 0) is 18.2 Å². The summed E-state index contributed by atoms with van der Waals surface area (Å²) in [6.07, 6.45) is -0.547. The van der Waals surface area contributed by atoms with E-state index in [0.29, 0.717) is 5.69 Å². The minimum atomic E-state index is -1.02. The first-order valence-electron chi connectivity index (χ1n) is 6.16. The third-order valence-electron chi connectivity index (χ3n) is 3.12. The second kappa shape index (κ2) is 6.34. The first-order valence-corrected chi connectivity index (χ1v) is 6.95. The summed E-state index contributed by atoms with van der Waals surface area (Å²) >= 11 is 3.30. The van der Waals surface area contributed by atoms with Gasteiger partial charge >= 0.3 is 5.97 Å². The Morgan fingerprint density at radius 2 is 2.20 bits per heavy atom. The van der Waals surface area contributed by atoms with Gasteiger partial charge in [0.15, 0.2) is 0 Å². The van der Waals surface area contributed by atoms with Crippen molar-refractivity contribution in [2.75, 3.05) is 18.4 Å². The third-order valence-corrected chi connectivity index (χ3v) is 3.61. The number of carbonyl (C=O) groups excluding carboxylic acids is 1. The number of carbonyl (C=O) groups is 2. The molecule has 1 aromatic rings. The molecule has 2 atom stereocenters. The standard InChI is InChI=1S/C13H15BrN2O4/c14-8-2-1-3-9(4-8)15-12(18)7-16-6-10(17)5-11(16)13(19)20/h1-4,10-11,17H,5-7H2,(H,15,18)(H,19,20). The molecule has 1 fully saturated rings. The summed E-state index contributed by atoms with van der Waals surface area (Å²) in [6.45, 7) is 0.142. The summed E-state index contributed by atoms with van der Waals surface area (Å²) in [5, 5.41) is 21.3. The van der Waals surface area contributed by atoms with E-state index >= 15 is 0 Å². The molecule has 1 aliphatic rings. The highest BCUT2D eigenvalue weighted by molar-refractivity contribution is 9.10.